The molecule has 0 spiro atoms. The molecule has 1 atom stereocenters. The molecule has 1 rings (SSSR count). The van der Waals surface area contributed by atoms with Crippen LogP contribution in [0.1, 0.15) is 32.8 Å². The molecular weight excluding hydrogens is 218 g/mol. The lowest BCUT2D eigenvalue weighted by Crippen LogP contribution is -2.33. The molecule has 0 saturated carbocycles. The zero-order valence-electron chi connectivity index (χ0n) is 10.5. The Bertz CT molecular complexity index is 280. The summed E-state index contributed by atoms with van der Waals surface area (Å²) >= 11 is 1.69. The highest BCUT2D eigenvalue weighted by Gasteiger charge is 2.20. The monoisotopic (exact) mass is 241 g/mol. The number of rotatable bonds is 7. The predicted octanol–water partition coefficient (Wildman–Crippen LogP) is 2.68. The molecule has 1 heterocycles. The van der Waals surface area contributed by atoms with Gasteiger partial charge >= 0.3 is 0 Å². The first-order chi connectivity index (χ1) is 7.49. The molecule has 0 aliphatic heterocycles. The largest absolute Gasteiger partial charge is 0.390 e. The number of hydrogen-bond acceptors (Lipinski definition) is 3. The van der Waals surface area contributed by atoms with Gasteiger partial charge in [-0.15, -0.1) is 0 Å². The molecule has 0 aliphatic rings. The van der Waals surface area contributed by atoms with E-state index in [0.717, 1.165) is 25.9 Å². The van der Waals surface area contributed by atoms with Crippen LogP contribution in [0.3, 0.4) is 0 Å². The van der Waals surface area contributed by atoms with Crippen molar-refractivity contribution in [2.75, 3.05) is 13.1 Å². The van der Waals surface area contributed by atoms with Gasteiger partial charge in [-0.2, -0.15) is 11.3 Å². The molecular formula is C13H23NOS. The summed E-state index contributed by atoms with van der Waals surface area (Å²) in [7, 11) is 0. The number of hydrogen-bond donors (Lipinski definition) is 2. The van der Waals surface area contributed by atoms with Crippen molar-refractivity contribution in [2.45, 2.75) is 39.2 Å². The fourth-order valence-corrected chi connectivity index (χ4v) is 2.34. The second kappa shape index (κ2) is 6.38. The first kappa shape index (κ1) is 13.7. The first-order valence-corrected chi connectivity index (χ1v) is 6.88. The van der Waals surface area contributed by atoms with E-state index in [1.807, 2.05) is 6.92 Å². The van der Waals surface area contributed by atoms with Gasteiger partial charge in [0.15, 0.2) is 0 Å². The van der Waals surface area contributed by atoms with Crippen LogP contribution in [0.25, 0.3) is 0 Å². The van der Waals surface area contributed by atoms with Gasteiger partial charge in [-0.25, -0.2) is 0 Å². The van der Waals surface area contributed by atoms with Crippen molar-refractivity contribution in [1.82, 2.24) is 5.32 Å². The zero-order chi connectivity index (χ0) is 12.0. The van der Waals surface area contributed by atoms with Crippen LogP contribution < -0.4 is 5.32 Å². The van der Waals surface area contributed by atoms with Gasteiger partial charge in [0.25, 0.3) is 0 Å². The standard InChI is InChI=1S/C13H23NOS/c1-11(2)9-14-6-5-13(3,15)8-12-4-7-16-10-12/h4,7,10-11,14-15H,5-6,8-9H2,1-3H3. The van der Waals surface area contributed by atoms with Crippen molar-refractivity contribution in [2.24, 2.45) is 5.92 Å². The number of aliphatic hydroxyl groups is 1. The quantitative estimate of drug-likeness (QED) is 0.719. The second-order valence-electron chi connectivity index (χ2n) is 5.15. The Morgan fingerprint density at radius 1 is 1.50 bits per heavy atom. The molecule has 2 N–H and O–H groups in total. The van der Waals surface area contributed by atoms with Gasteiger partial charge in [0.05, 0.1) is 5.60 Å². The first-order valence-electron chi connectivity index (χ1n) is 5.94. The summed E-state index contributed by atoms with van der Waals surface area (Å²) in [5.41, 5.74) is 0.643. The Morgan fingerprint density at radius 3 is 2.81 bits per heavy atom. The Morgan fingerprint density at radius 2 is 2.25 bits per heavy atom. The highest BCUT2D eigenvalue weighted by Crippen LogP contribution is 2.18. The molecule has 1 aromatic heterocycles. The van der Waals surface area contributed by atoms with E-state index in [2.05, 4.69) is 36.0 Å². The summed E-state index contributed by atoms with van der Waals surface area (Å²) in [4.78, 5) is 0. The SMILES string of the molecule is CC(C)CNCCC(C)(O)Cc1ccsc1. The molecule has 0 amide bonds. The van der Waals surface area contributed by atoms with Crippen LogP contribution in [-0.2, 0) is 6.42 Å². The molecule has 0 aromatic carbocycles. The van der Waals surface area contributed by atoms with Gasteiger partial charge in [-0.1, -0.05) is 13.8 Å². The van der Waals surface area contributed by atoms with Gasteiger partial charge in [-0.3, -0.25) is 0 Å². The third-order valence-corrected chi connectivity index (χ3v) is 3.29. The molecule has 1 aromatic rings. The maximum Gasteiger partial charge on any atom is 0.0672 e. The van der Waals surface area contributed by atoms with E-state index in [1.165, 1.54) is 5.56 Å². The van der Waals surface area contributed by atoms with Crippen LogP contribution >= 0.6 is 11.3 Å². The Balaban J connectivity index is 2.23. The van der Waals surface area contributed by atoms with Crippen LogP contribution in [0.5, 0.6) is 0 Å². The van der Waals surface area contributed by atoms with Crippen LogP contribution in [0.4, 0.5) is 0 Å². The Hall–Kier alpha value is -0.380. The third-order valence-electron chi connectivity index (χ3n) is 2.56. The summed E-state index contributed by atoms with van der Waals surface area (Å²) in [6.07, 6.45) is 1.55. The van der Waals surface area contributed by atoms with Crippen molar-refractivity contribution < 1.29 is 5.11 Å². The highest BCUT2D eigenvalue weighted by atomic mass is 32.1. The Labute approximate surface area is 103 Å². The molecule has 0 bridgehead atoms. The molecule has 2 nitrogen and oxygen atoms in total. The number of thiophene rings is 1. The van der Waals surface area contributed by atoms with Gasteiger partial charge in [0.1, 0.15) is 0 Å². The van der Waals surface area contributed by atoms with E-state index in [4.69, 9.17) is 0 Å². The molecule has 0 radical (unpaired) electrons. The number of nitrogens with one attached hydrogen (secondary N) is 1. The second-order valence-corrected chi connectivity index (χ2v) is 5.93. The minimum atomic E-state index is -0.592. The van der Waals surface area contributed by atoms with Crippen molar-refractivity contribution in [3.05, 3.63) is 22.4 Å². The maximum atomic E-state index is 10.2. The summed E-state index contributed by atoms with van der Waals surface area (Å²) in [5, 5.41) is 17.7. The smallest absolute Gasteiger partial charge is 0.0672 e. The third kappa shape index (κ3) is 5.64. The molecule has 0 fully saturated rings. The summed E-state index contributed by atoms with van der Waals surface area (Å²) < 4.78 is 0. The normalized spacial score (nSPS) is 15.3. The van der Waals surface area contributed by atoms with E-state index in [1.54, 1.807) is 11.3 Å². The van der Waals surface area contributed by atoms with Crippen LogP contribution in [0, 0.1) is 5.92 Å². The van der Waals surface area contributed by atoms with Gasteiger partial charge in [0, 0.05) is 6.42 Å². The molecule has 1 unspecified atom stereocenters. The fourth-order valence-electron chi connectivity index (χ4n) is 1.67. The van der Waals surface area contributed by atoms with Crippen molar-refractivity contribution >= 4 is 11.3 Å². The molecule has 92 valence electrons. The summed E-state index contributed by atoms with van der Waals surface area (Å²) in [5.74, 6) is 0.668. The minimum absolute atomic E-state index is 0.592. The van der Waals surface area contributed by atoms with Crippen molar-refractivity contribution in [3.8, 4) is 0 Å². The Kier molecular flexibility index (Phi) is 5.46. The lowest BCUT2D eigenvalue weighted by atomic mass is 9.95. The zero-order valence-corrected chi connectivity index (χ0v) is 11.3. The minimum Gasteiger partial charge on any atom is -0.390 e. The topological polar surface area (TPSA) is 32.3 Å². The summed E-state index contributed by atoms with van der Waals surface area (Å²) in [6.45, 7) is 8.21. The van der Waals surface area contributed by atoms with E-state index in [9.17, 15) is 5.11 Å². The average molecular weight is 241 g/mol. The highest BCUT2D eigenvalue weighted by molar-refractivity contribution is 7.07. The molecule has 0 aliphatic carbocycles. The van der Waals surface area contributed by atoms with Gasteiger partial charge in [0.2, 0.25) is 0 Å². The van der Waals surface area contributed by atoms with Gasteiger partial charge < -0.3 is 10.4 Å². The molecule has 3 heteroatoms. The average Bonchev–Trinajstić information content (AvgIpc) is 2.64. The molecule has 16 heavy (non-hydrogen) atoms. The maximum absolute atomic E-state index is 10.2. The predicted molar refractivity (Wildman–Crippen MR) is 71.0 cm³/mol. The van der Waals surface area contributed by atoms with E-state index < -0.39 is 5.60 Å². The van der Waals surface area contributed by atoms with Crippen molar-refractivity contribution in [3.63, 3.8) is 0 Å². The lowest BCUT2D eigenvalue weighted by molar-refractivity contribution is 0.0515. The van der Waals surface area contributed by atoms with Crippen LogP contribution in [0.15, 0.2) is 16.8 Å². The summed E-state index contributed by atoms with van der Waals surface area (Å²) in [6, 6.07) is 2.08. The van der Waals surface area contributed by atoms with Crippen LogP contribution in [0.2, 0.25) is 0 Å². The fraction of sp³-hybridized carbons (Fsp3) is 0.692. The van der Waals surface area contributed by atoms with Crippen LogP contribution in [-0.4, -0.2) is 23.8 Å². The van der Waals surface area contributed by atoms with Gasteiger partial charge in [-0.05, 0) is 54.7 Å². The van der Waals surface area contributed by atoms with E-state index in [-0.39, 0.29) is 0 Å². The van der Waals surface area contributed by atoms with Crippen molar-refractivity contribution in [1.29, 1.82) is 0 Å². The molecule has 0 saturated heterocycles. The lowest BCUT2D eigenvalue weighted by Gasteiger charge is -2.23. The van der Waals surface area contributed by atoms with E-state index >= 15 is 0 Å². The van der Waals surface area contributed by atoms with E-state index in [0.29, 0.717) is 5.92 Å².